The molecule has 0 N–H and O–H groups in total. The zero-order valence-electron chi connectivity index (χ0n) is 15.7. The van der Waals surface area contributed by atoms with E-state index < -0.39 is 0 Å². The number of halogens is 1. The first-order valence-corrected chi connectivity index (χ1v) is 9.43. The minimum absolute atomic E-state index is 0.0804. The number of carbonyl (C=O) groups is 1. The number of hydrogen-bond acceptors (Lipinski definition) is 5. The van der Waals surface area contributed by atoms with E-state index in [0.29, 0.717) is 23.2 Å². The Morgan fingerprint density at radius 2 is 2.04 bits per heavy atom. The van der Waals surface area contributed by atoms with Crippen LogP contribution in [0.2, 0.25) is 0 Å². The molecule has 2 fully saturated rings. The summed E-state index contributed by atoms with van der Waals surface area (Å²) in [6, 6.07) is 1.94. The molecule has 2 aliphatic rings. The second-order valence-corrected chi connectivity index (χ2v) is 7.67. The van der Waals surface area contributed by atoms with Gasteiger partial charge in [0.1, 0.15) is 5.69 Å². The van der Waals surface area contributed by atoms with Gasteiger partial charge < -0.3 is 9.80 Å². The van der Waals surface area contributed by atoms with Crippen molar-refractivity contribution in [3.63, 3.8) is 0 Å². The third-order valence-corrected chi connectivity index (χ3v) is 6.00. The van der Waals surface area contributed by atoms with Crippen molar-refractivity contribution in [2.75, 3.05) is 25.0 Å². The van der Waals surface area contributed by atoms with E-state index in [1.807, 2.05) is 18.9 Å². The van der Waals surface area contributed by atoms with Gasteiger partial charge in [-0.1, -0.05) is 0 Å². The lowest BCUT2D eigenvalue weighted by Gasteiger charge is -2.36. The quantitative estimate of drug-likeness (QED) is 0.832. The molecule has 0 bridgehead atoms. The van der Waals surface area contributed by atoms with Crippen LogP contribution < -0.4 is 4.90 Å². The standard InChI is InChI=1S/C20H24FN5O/c1-13-9-24-18(11-23-13)20(27)25(2)16-7-14-4-6-26(12-15(14)8-16)19-3-5-22-10-17(19)21/h3,5,9-11,14-16H,4,6-8,12H2,1-2H3/t14-,15-,16+/m1/s1. The molecule has 6 nitrogen and oxygen atoms in total. The van der Waals surface area contributed by atoms with Crippen molar-refractivity contribution in [2.45, 2.75) is 32.2 Å². The highest BCUT2D eigenvalue weighted by molar-refractivity contribution is 5.92. The van der Waals surface area contributed by atoms with Gasteiger partial charge in [-0.15, -0.1) is 0 Å². The molecule has 1 saturated heterocycles. The number of anilines is 1. The highest BCUT2D eigenvalue weighted by Gasteiger charge is 2.41. The minimum Gasteiger partial charge on any atom is -0.369 e. The third kappa shape index (κ3) is 3.50. The largest absolute Gasteiger partial charge is 0.369 e. The van der Waals surface area contributed by atoms with Crippen LogP contribution in [0.5, 0.6) is 0 Å². The number of pyridine rings is 1. The molecule has 1 amide bonds. The Labute approximate surface area is 158 Å². The summed E-state index contributed by atoms with van der Waals surface area (Å²) >= 11 is 0. The summed E-state index contributed by atoms with van der Waals surface area (Å²) in [5, 5.41) is 0. The summed E-state index contributed by atoms with van der Waals surface area (Å²) in [5.41, 5.74) is 1.81. The summed E-state index contributed by atoms with van der Waals surface area (Å²) < 4.78 is 14.1. The van der Waals surface area contributed by atoms with E-state index in [1.165, 1.54) is 6.20 Å². The van der Waals surface area contributed by atoms with E-state index in [1.54, 1.807) is 24.7 Å². The maximum absolute atomic E-state index is 14.1. The van der Waals surface area contributed by atoms with Crippen LogP contribution in [0.15, 0.2) is 30.9 Å². The summed E-state index contributed by atoms with van der Waals surface area (Å²) in [7, 11) is 1.85. The average molecular weight is 369 g/mol. The lowest BCUT2D eigenvalue weighted by Crippen LogP contribution is -2.39. The fraction of sp³-hybridized carbons (Fsp3) is 0.500. The van der Waals surface area contributed by atoms with E-state index >= 15 is 0 Å². The van der Waals surface area contributed by atoms with Crippen LogP contribution >= 0.6 is 0 Å². The van der Waals surface area contributed by atoms with Crippen LogP contribution in [0.1, 0.15) is 35.4 Å². The minimum atomic E-state index is -0.268. The number of nitrogens with zero attached hydrogens (tertiary/aromatic N) is 5. The number of piperidine rings is 1. The second-order valence-electron chi connectivity index (χ2n) is 7.67. The predicted octanol–water partition coefficient (Wildman–Crippen LogP) is 2.70. The smallest absolute Gasteiger partial charge is 0.274 e. The van der Waals surface area contributed by atoms with Crippen molar-refractivity contribution in [3.8, 4) is 0 Å². The molecule has 7 heteroatoms. The zero-order valence-corrected chi connectivity index (χ0v) is 15.7. The molecule has 1 aliphatic carbocycles. The maximum Gasteiger partial charge on any atom is 0.274 e. The predicted molar refractivity (Wildman–Crippen MR) is 99.9 cm³/mol. The first kappa shape index (κ1) is 17.8. The molecule has 0 spiro atoms. The Kier molecular flexibility index (Phi) is 4.76. The molecule has 0 aromatic carbocycles. The van der Waals surface area contributed by atoms with Gasteiger partial charge in [0.2, 0.25) is 0 Å². The molecule has 27 heavy (non-hydrogen) atoms. The third-order valence-electron chi connectivity index (χ3n) is 6.00. The first-order valence-electron chi connectivity index (χ1n) is 9.43. The van der Waals surface area contributed by atoms with Gasteiger partial charge >= 0.3 is 0 Å². The van der Waals surface area contributed by atoms with E-state index in [9.17, 15) is 9.18 Å². The second kappa shape index (κ2) is 7.21. The van der Waals surface area contributed by atoms with Crippen LogP contribution in [0.4, 0.5) is 10.1 Å². The Morgan fingerprint density at radius 1 is 1.22 bits per heavy atom. The van der Waals surface area contributed by atoms with Gasteiger partial charge in [-0.05, 0) is 44.1 Å². The number of hydrogen-bond donors (Lipinski definition) is 0. The van der Waals surface area contributed by atoms with Gasteiger partial charge in [0.05, 0.1) is 23.8 Å². The molecule has 3 atom stereocenters. The molecule has 1 aliphatic heterocycles. The Morgan fingerprint density at radius 3 is 2.78 bits per heavy atom. The van der Waals surface area contributed by atoms with Crippen molar-refractivity contribution in [3.05, 3.63) is 48.1 Å². The lowest BCUT2D eigenvalue weighted by atomic mass is 9.88. The Balaban J connectivity index is 1.43. The molecule has 4 rings (SSSR count). The highest BCUT2D eigenvalue weighted by Crippen LogP contribution is 2.41. The van der Waals surface area contributed by atoms with Crippen LogP contribution in [0.25, 0.3) is 0 Å². The number of aryl methyl sites for hydroxylation is 1. The Hall–Kier alpha value is -2.57. The molecule has 2 aromatic heterocycles. The number of aromatic nitrogens is 3. The van der Waals surface area contributed by atoms with Gasteiger partial charge in [-0.2, -0.15) is 0 Å². The molecule has 142 valence electrons. The number of rotatable bonds is 3. The van der Waals surface area contributed by atoms with Gasteiger partial charge in [0.25, 0.3) is 5.91 Å². The van der Waals surface area contributed by atoms with Crippen LogP contribution in [0.3, 0.4) is 0 Å². The molecule has 1 saturated carbocycles. The molecule has 3 heterocycles. The summed E-state index contributed by atoms with van der Waals surface area (Å²) in [4.78, 5) is 28.9. The fourth-order valence-electron chi connectivity index (χ4n) is 4.46. The van der Waals surface area contributed by atoms with Gasteiger partial charge in [0, 0.05) is 38.6 Å². The molecule has 2 aromatic rings. The number of fused-ring (bicyclic) bond motifs is 1. The van der Waals surface area contributed by atoms with Crippen LogP contribution in [-0.4, -0.2) is 51.9 Å². The number of carbonyl (C=O) groups excluding carboxylic acids is 1. The van der Waals surface area contributed by atoms with Gasteiger partial charge in [-0.3, -0.25) is 14.8 Å². The fourth-order valence-corrected chi connectivity index (χ4v) is 4.46. The summed E-state index contributed by atoms with van der Waals surface area (Å²) in [6.45, 7) is 3.52. The van der Waals surface area contributed by atoms with E-state index in [-0.39, 0.29) is 17.8 Å². The highest BCUT2D eigenvalue weighted by atomic mass is 19.1. The van der Waals surface area contributed by atoms with Crippen molar-refractivity contribution >= 4 is 11.6 Å². The Bertz CT molecular complexity index is 827. The average Bonchev–Trinajstić information content (AvgIpc) is 3.11. The van der Waals surface area contributed by atoms with Crippen molar-refractivity contribution in [2.24, 2.45) is 11.8 Å². The summed E-state index contributed by atoms with van der Waals surface area (Å²) in [5.74, 6) is 0.699. The SMILES string of the molecule is Cc1cnc(C(=O)N(C)[C@H]2C[C@H]3CCN(c4ccncc4F)C[C@H]3C2)cn1. The van der Waals surface area contributed by atoms with Gasteiger partial charge in [-0.25, -0.2) is 9.37 Å². The summed E-state index contributed by atoms with van der Waals surface area (Å²) in [6.07, 6.45) is 9.04. The van der Waals surface area contributed by atoms with Gasteiger partial charge in [0.15, 0.2) is 5.82 Å². The van der Waals surface area contributed by atoms with Crippen LogP contribution in [-0.2, 0) is 0 Å². The monoisotopic (exact) mass is 369 g/mol. The molecule has 0 radical (unpaired) electrons. The lowest BCUT2D eigenvalue weighted by molar-refractivity contribution is 0.0724. The maximum atomic E-state index is 14.1. The first-order chi connectivity index (χ1) is 13.0. The van der Waals surface area contributed by atoms with E-state index in [4.69, 9.17) is 0 Å². The van der Waals surface area contributed by atoms with Crippen molar-refractivity contribution < 1.29 is 9.18 Å². The van der Waals surface area contributed by atoms with E-state index in [2.05, 4.69) is 19.9 Å². The zero-order chi connectivity index (χ0) is 19.0. The molecular weight excluding hydrogens is 345 g/mol. The van der Waals surface area contributed by atoms with Crippen LogP contribution in [0, 0.1) is 24.6 Å². The molecular formula is C20H24FN5O. The normalized spacial score (nSPS) is 24.6. The molecule has 0 unspecified atom stereocenters. The van der Waals surface area contributed by atoms with Crippen molar-refractivity contribution in [1.82, 2.24) is 19.9 Å². The van der Waals surface area contributed by atoms with Crippen molar-refractivity contribution in [1.29, 1.82) is 0 Å². The van der Waals surface area contributed by atoms with E-state index in [0.717, 1.165) is 38.0 Å². The topological polar surface area (TPSA) is 62.2 Å². The number of amides is 1.